The lowest BCUT2D eigenvalue weighted by Gasteiger charge is -2.43. The standard InChI is InChI=1S/C30H35N5/c1-2-6-27-21-24(5-1)25(9-13-31-27)22-33-15-11-28(12-16-33)35-19-17-34(18-20-35)23-26-10-14-32-30-8-4-3-7-29(26)30/h1-10,13-14,28H,11-12,15-23H2. The molecule has 2 fully saturated rings. The summed E-state index contributed by atoms with van der Waals surface area (Å²) in [6.07, 6.45) is 18.3. The van der Waals surface area contributed by atoms with Crippen molar-refractivity contribution in [3.63, 3.8) is 0 Å². The van der Waals surface area contributed by atoms with Crippen molar-refractivity contribution in [3.8, 4) is 0 Å². The van der Waals surface area contributed by atoms with Gasteiger partial charge in [0.15, 0.2) is 0 Å². The van der Waals surface area contributed by atoms with E-state index in [1.54, 1.807) is 0 Å². The first-order valence-electron chi connectivity index (χ1n) is 13.1. The molecule has 6 rings (SSSR count). The van der Waals surface area contributed by atoms with Crippen molar-refractivity contribution in [3.05, 3.63) is 89.3 Å². The highest BCUT2D eigenvalue weighted by Gasteiger charge is 2.28. The maximum atomic E-state index is 4.60. The van der Waals surface area contributed by atoms with Gasteiger partial charge >= 0.3 is 0 Å². The second kappa shape index (κ2) is 10.4. The van der Waals surface area contributed by atoms with E-state index in [9.17, 15) is 0 Å². The van der Waals surface area contributed by atoms with Crippen LogP contribution in [0.1, 0.15) is 24.8 Å². The number of piperidine rings is 1. The first-order chi connectivity index (χ1) is 17.3. The first-order valence-corrected chi connectivity index (χ1v) is 13.1. The topological polar surface area (TPSA) is 35.0 Å². The third-order valence-electron chi connectivity index (χ3n) is 8.00. The number of para-hydroxylation sites is 1. The molecule has 2 bridgehead atoms. The largest absolute Gasteiger partial charge is 0.299 e. The van der Waals surface area contributed by atoms with Gasteiger partial charge in [0.25, 0.3) is 0 Å². The minimum Gasteiger partial charge on any atom is -0.299 e. The van der Waals surface area contributed by atoms with E-state index in [-0.39, 0.29) is 0 Å². The van der Waals surface area contributed by atoms with Crippen molar-refractivity contribution in [1.29, 1.82) is 0 Å². The van der Waals surface area contributed by atoms with Crippen LogP contribution in [0.5, 0.6) is 0 Å². The summed E-state index contributed by atoms with van der Waals surface area (Å²) in [6.45, 7) is 9.12. The van der Waals surface area contributed by atoms with Crippen LogP contribution in [0.2, 0.25) is 0 Å². The number of nitrogens with zero attached hydrogens (tertiary/aromatic N) is 5. The van der Waals surface area contributed by atoms with E-state index in [2.05, 4.69) is 85.4 Å². The van der Waals surface area contributed by atoms with E-state index >= 15 is 0 Å². The molecule has 5 heteroatoms. The molecular weight excluding hydrogens is 430 g/mol. The second-order valence-electron chi connectivity index (χ2n) is 10.2. The molecule has 0 N–H and O–H groups in total. The Morgan fingerprint density at radius 1 is 0.800 bits per heavy atom. The molecule has 1 aromatic carbocycles. The monoisotopic (exact) mass is 465 g/mol. The van der Waals surface area contributed by atoms with Gasteiger partial charge in [0.1, 0.15) is 0 Å². The van der Waals surface area contributed by atoms with Crippen molar-refractivity contribution in [1.82, 2.24) is 19.7 Å². The van der Waals surface area contributed by atoms with Crippen LogP contribution in [0.3, 0.4) is 0 Å². The molecule has 0 atom stereocenters. The van der Waals surface area contributed by atoms with E-state index in [0.717, 1.165) is 49.9 Å². The van der Waals surface area contributed by atoms with Gasteiger partial charge in [-0.3, -0.25) is 24.7 Å². The molecule has 0 unspecified atom stereocenters. The highest BCUT2D eigenvalue weighted by Crippen LogP contribution is 2.27. The maximum Gasteiger partial charge on any atom is 0.0705 e. The Labute approximate surface area is 208 Å². The normalized spacial score (nSPS) is 22.5. The van der Waals surface area contributed by atoms with E-state index in [0.29, 0.717) is 0 Å². The lowest BCUT2D eigenvalue weighted by Crippen LogP contribution is -2.53. The van der Waals surface area contributed by atoms with Gasteiger partial charge in [0.2, 0.25) is 0 Å². The van der Waals surface area contributed by atoms with Gasteiger partial charge in [-0.15, -0.1) is 0 Å². The van der Waals surface area contributed by atoms with E-state index in [4.69, 9.17) is 0 Å². The molecule has 180 valence electrons. The molecule has 35 heavy (non-hydrogen) atoms. The Morgan fingerprint density at radius 2 is 1.60 bits per heavy atom. The number of fused-ring (bicyclic) bond motifs is 3. The van der Waals surface area contributed by atoms with Gasteiger partial charge in [-0.05, 0) is 66.9 Å². The highest BCUT2D eigenvalue weighted by atomic mass is 15.3. The van der Waals surface area contributed by atoms with Gasteiger partial charge in [-0.2, -0.15) is 0 Å². The third-order valence-corrected chi connectivity index (χ3v) is 8.00. The van der Waals surface area contributed by atoms with Gasteiger partial charge in [0.05, 0.1) is 5.52 Å². The maximum absolute atomic E-state index is 4.60. The highest BCUT2D eigenvalue weighted by molar-refractivity contribution is 5.81. The molecule has 4 aliphatic rings. The second-order valence-corrected chi connectivity index (χ2v) is 10.2. The summed E-state index contributed by atoms with van der Waals surface area (Å²) in [7, 11) is 0. The van der Waals surface area contributed by atoms with Crippen molar-refractivity contribution in [2.24, 2.45) is 4.99 Å². The van der Waals surface area contributed by atoms with Gasteiger partial charge in [-0.1, -0.05) is 36.4 Å². The number of pyridine rings is 1. The smallest absolute Gasteiger partial charge is 0.0705 e. The SMILES string of the molecule is C1=CC=C2CC(=C1)N=CC=C2CN1CCC(N2CCN(Cc3ccnc4ccccc34)CC2)CC1. The van der Waals surface area contributed by atoms with Crippen molar-refractivity contribution < 1.29 is 0 Å². The number of aliphatic imine (C=N–C) groups is 1. The van der Waals surface area contributed by atoms with Crippen molar-refractivity contribution in [2.45, 2.75) is 31.8 Å². The number of allylic oxidation sites excluding steroid dienone is 6. The number of benzene rings is 1. The molecule has 0 amide bonds. The molecule has 0 radical (unpaired) electrons. The van der Waals surface area contributed by atoms with Crippen LogP contribution >= 0.6 is 0 Å². The summed E-state index contributed by atoms with van der Waals surface area (Å²) < 4.78 is 0. The Morgan fingerprint density at radius 3 is 2.49 bits per heavy atom. The summed E-state index contributed by atoms with van der Waals surface area (Å²) >= 11 is 0. The predicted molar refractivity (Wildman–Crippen MR) is 145 cm³/mol. The van der Waals surface area contributed by atoms with Gasteiger partial charge < -0.3 is 0 Å². The summed E-state index contributed by atoms with van der Waals surface area (Å²) in [4.78, 5) is 17.1. The average Bonchev–Trinajstić information content (AvgIpc) is 3.26. The minimum atomic E-state index is 0.731. The van der Waals surface area contributed by atoms with Crippen molar-refractivity contribution >= 4 is 17.1 Å². The Balaban J connectivity index is 0.993. The lowest BCUT2D eigenvalue weighted by molar-refractivity contribution is 0.0588. The fourth-order valence-corrected chi connectivity index (χ4v) is 5.95. The van der Waals surface area contributed by atoms with Crippen LogP contribution in [-0.2, 0) is 6.54 Å². The zero-order valence-electron chi connectivity index (χ0n) is 20.5. The predicted octanol–water partition coefficient (Wildman–Crippen LogP) is 4.60. The zero-order chi connectivity index (χ0) is 23.5. The Hall–Kier alpha value is -2.86. The zero-order valence-corrected chi connectivity index (χ0v) is 20.5. The van der Waals surface area contributed by atoms with Crippen LogP contribution < -0.4 is 0 Å². The molecule has 3 aliphatic heterocycles. The van der Waals surface area contributed by atoms with Crippen LogP contribution in [0.25, 0.3) is 10.9 Å². The molecule has 0 spiro atoms. The van der Waals surface area contributed by atoms with Crippen LogP contribution in [0.4, 0.5) is 0 Å². The first kappa shape index (κ1) is 22.6. The molecule has 5 nitrogen and oxygen atoms in total. The van der Waals surface area contributed by atoms with E-state index in [1.807, 2.05) is 12.4 Å². The summed E-state index contributed by atoms with van der Waals surface area (Å²) in [5.74, 6) is 0. The fourth-order valence-electron chi connectivity index (χ4n) is 5.95. The molecule has 1 aliphatic carbocycles. The van der Waals surface area contributed by atoms with Crippen LogP contribution in [-0.4, -0.2) is 77.8 Å². The van der Waals surface area contributed by atoms with Crippen LogP contribution in [0, 0.1) is 0 Å². The van der Waals surface area contributed by atoms with Gasteiger partial charge in [-0.25, -0.2) is 0 Å². The Kier molecular flexibility index (Phi) is 6.72. The van der Waals surface area contributed by atoms with E-state index < -0.39 is 0 Å². The molecule has 0 saturated carbocycles. The number of likely N-dealkylation sites (tertiary alicyclic amines) is 1. The molecule has 1 aromatic heterocycles. The van der Waals surface area contributed by atoms with Gasteiger partial charge in [0, 0.05) is 75.2 Å². The van der Waals surface area contributed by atoms with Crippen molar-refractivity contribution in [2.75, 3.05) is 45.8 Å². The summed E-state index contributed by atoms with van der Waals surface area (Å²) in [5, 5.41) is 1.29. The van der Waals surface area contributed by atoms with E-state index in [1.165, 1.54) is 61.1 Å². The summed E-state index contributed by atoms with van der Waals surface area (Å²) in [6, 6.07) is 11.4. The lowest BCUT2D eigenvalue weighted by atomic mass is 9.98. The number of piperazine rings is 1. The minimum absolute atomic E-state index is 0.731. The third kappa shape index (κ3) is 5.22. The Bertz CT molecular complexity index is 1200. The number of aromatic nitrogens is 1. The quantitative estimate of drug-likeness (QED) is 0.647. The number of hydrogen-bond donors (Lipinski definition) is 0. The fraction of sp³-hybridized carbons (Fsp3) is 0.400. The molecule has 2 aromatic rings. The number of rotatable bonds is 5. The molecule has 2 saturated heterocycles. The summed E-state index contributed by atoms with van der Waals surface area (Å²) in [5.41, 5.74) is 6.51. The van der Waals surface area contributed by atoms with Crippen LogP contribution in [0.15, 0.2) is 88.7 Å². The molecule has 4 heterocycles. The number of hydrogen-bond acceptors (Lipinski definition) is 5. The average molecular weight is 466 g/mol. The molecular formula is C30H35N5.